The number of fused-ring (bicyclic) bond motifs is 1. The van der Waals surface area contributed by atoms with Crippen LogP contribution in [0.1, 0.15) is 0 Å². The smallest absolute Gasteiger partial charge is 0.265 e. The SMILES string of the molecule is C#CCOc1ccc(NC(=O)CN2C(=O)COc3cc(Br)ccc32)cc1. The molecule has 1 N–H and O–H groups in total. The summed E-state index contributed by atoms with van der Waals surface area (Å²) < 4.78 is 11.5. The van der Waals surface area contributed by atoms with Crippen LogP contribution in [0, 0.1) is 12.3 Å². The molecule has 1 heterocycles. The molecule has 6 nitrogen and oxygen atoms in total. The van der Waals surface area contributed by atoms with Gasteiger partial charge in [0.1, 0.15) is 24.7 Å². The normalized spacial score (nSPS) is 12.6. The molecule has 1 aliphatic heterocycles. The Kier molecular flexibility index (Phi) is 5.44. The number of benzene rings is 2. The second kappa shape index (κ2) is 7.93. The lowest BCUT2D eigenvalue weighted by Gasteiger charge is -2.29. The number of rotatable bonds is 5. The number of ether oxygens (including phenoxy) is 2. The van der Waals surface area contributed by atoms with Crippen molar-refractivity contribution in [3.05, 3.63) is 46.9 Å². The van der Waals surface area contributed by atoms with E-state index in [9.17, 15) is 9.59 Å². The zero-order valence-electron chi connectivity index (χ0n) is 13.7. The summed E-state index contributed by atoms with van der Waals surface area (Å²) in [5.74, 6) is 2.97. The average Bonchev–Trinajstić information content (AvgIpc) is 2.63. The number of nitrogens with zero attached hydrogens (tertiary/aromatic N) is 1. The van der Waals surface area contributed by atoms with Gasteiger partial charge in [0.15, 0.2) is 6.61 Å². The van der Waals surface area contributed by atoms with Crippen LogP contribution in [-0.2, 0) is 9.59 Å². The molecule has 1 aliphatic rings. The van der Waals surface area contributed by atoms with Crippen LogP contribution in [0.4, 0.5) is 11.4 Å². The number of terminal acetylenes is 1. The molecule has 7 heteroatoms. The van der Waals surface area contributed by atoms with E-state index in [4.69, 9.17) is 15.9 Å². The van der Waals surface area contributed by atoms with Crippen molar-refractivity contribution in [2.45, 2.75) is 0 Å². The molecular weight excluding hydrogens is 400 g/mol. The van der Waals surface area contributed by atoms with E-state index in [1.165, 1.54) is 4.90 Å². The summed E-state index contributed by atoms with van der Waals surface area (Å²) in [6, 6.07) is 12.1. The Bertz CT molecular complexity index is 874. The molecule has 0 unspecified atom stereocenters. The summed E-state index contributed by atoms with van der Waals surface area (Å²) >= 11 is 3.36. The third kappa shape index (κ3) is 4.16. The highest BCUT2D eigenvalue weighted by Gasteiger charge is 2.27. The molecule has 2 amide bonds. The van der Waals surface area contributed by atoms with Crippen molar-refractivity contribution in [1.82, 2.24) is 0 Å². The molecule has 2 aromatic carbocycles. The Hall–Kier alpha value is -2.98. The van der Waals surface area contributed by atoms with Gasteiger partial charge in [-0.3, -0.25) is 14.5 Å². The fourth-order valence-corrected chi connectivity index (χ4v) is 2.80. The number of hydrogen-bond acceptors (Lipinski definition) is 4. The van der Waals surface area contributed by atoms with Gasteiger partial charge in [-0.15, -0.1) is 6.42 Å². The maximum Gasteiger partial charge on any atom is 0.265 e. The quantitative estimate of drug-likeness (QED) is 0.763. The molecule has 0 aromatic heterocycles. The van der Waals surface area contributed by atoms with Crippen LogP contribution >= 0.6 is 15.9 Å². The highest BCUT2D eigenvalue weighted by Crippen LogP contribution is 2.34. The van der Waals surface area contributed by atoms with E-state index < -0.39 is 0 Å². The van der Waals surface area contributed by atoms with Crippen molar-refractivity contribution < 1.29 is 19.1 Å². The van der Waals surface area contributed by atoms with Gasteiger partial charge in [-0.25, -0.2) is 0 Å². The summed E-state index contributed by atoms with van der Waals surface area (Å²) in [5, 5.41) is 2.76. The van der Waals surface area contributed by atoms with Crippen molar-refractivity contribution in [3.63, 3.8) is 0 Å². The second-order valence-electron chi connectivity index (χ2n) is 5.45. The van der Waals surface area contributed by atoms with E-state index in [0.717, 1.165) is 4.47 Å². The van der Waals surface area contributed by atoms with Crippen molar-refractivity contribution >= 4 is 39.1 Å². The Morgan fingerprint density at radius 2 is 2.08 bits per heavy atom. The maximum atomic E-state index is 12.3. The predicted octanol–water partition coefficient (Wildman–Crippen LogP) is 2.83. The molecule has 0 spiro atoms. The third-order valence-corrected chi connectivity index (χ3v) is 4.12. The molecule has 3 rings (SSSR count). The highest BCUT2D eigenvalue weighted by molar-refractivity contribution is 9.10. The lowest BCUT2D eigenvalue weighted by atomic mass is 10.2. The van der Waals surface area contributed by atoms with E-state index in [1.807, 2.05) is 0 Å². The minimum absolute atomic E-state index is 0.0993. The molecule has 26 heavy (non-hydrogen) atoms. The Morgan fingerprint density at radius 1 is 1.31 bits per heavy atom. The maximum absolute atomic E-state index is 12.3. The van der Waals surface area contributed by atoms with Crippen molar-refractivity contribution in [1.29, 1.82) is 0 Å². The van der Waals surface area contributed by atoms with Crippen LogP contribution in [0.2, 0.25) is 0 Å². The first-order valence-corrected chi connectivity index (χ1v) is 8.55. The summed E-state index contributed by atoms with van der Waals surface area (Å²) in [4.78, 5) is 25.9. The summed E-state index contributed by atoms with van der Waals surface area (Å²) in [5.41, 5.74) is 1.16. The molecule has 0 fully saturated rings. The predicted molar refractivity (Wildman–Crippen MR) is 101 cm³/mol. The average molecular weight is 415 g/mol. The summed E-state index contributed by atoms with van der Waals surface area (Å²) in [6.45, 7) is -0.0233. The standard InChI is InChI=1S/C19H15BrN2O4/c1-2-9-25-15-6-4-14(5-7-15)21-18(23)11-22-16-8-3-13(20)10-17(16)26-12-19(22)24/h1,3-8,10H,9,11-12H2,(H,21,23). The fourth-order valence-electron chi connectivity index (χ4n) is 2.46. The number of anilines is 2. The lowest BCUT2D eigenvalue weighted by Crippen LogP contribution is -2.43. The first-order valence-electron chi connectivity index (χ1n) is 7.76. The third-order valence-electron chi connectivity index (χ3n) is 3.63. The van der Waals surface area contributed by atoms with Crippen LogP contribution < -0.4 is 19.7 Å². The van der Waals surface area contributed by atoms with Gasteiger partial charge in [-0.2, -0.15) is 0 Å². The van der Waals surface area contributed by atoms with Gasteiger partial charge in [-0.05, 0) is 42.5 Å². The van der Waals surface area contributed by atoms with E-state index in [2.05, 4.69) is 27.2 Å². The monoisotopic (exact) mass is 414 g/mol. The van der Waals surface area contributed by atoms with E-state index >= 15 is 0 Å². The molecule has 132 valence electrons. The van der Waals surface area contributed by atoms with Gasteiger partial charge >= 0.3 is 0 Å². The number of carbonyl (C=O) groups is 2. The zero-order chi connectivity index (χ0) is 18.5. The molecule has 0 atom stereocenters. The van der Waals surface area contributed by atoms with E-state index in [1.54, 1.807) is 42.5 Å². The Balaban J connectivity index is 1.66. The molecule has 0 saturated heterocycles. The molecule has 0 bridgehead atoms. The van der Waals surface area contributed by atoms with Gasteiger partial charge in [0, 0.05) is 10.2 Å². The number of hydrogen-bond donors (Lipinski definition) is 1. The van der Waals surface area contributed by atoms with Crippen molar-refractivity contribution in [2.24, 2.45) is 0 Å². The first kappa shape index (κ1) is 17.8. The van der Waals surface area contributed by atoms with Gasteiger partial charge in [0.25, 0.3) is 5.91 Å². The van der Waals surface area contributed by atoms with E-state index in [-0.39, 0.29) is 31.6 Å². The van der Waals surface area contributed by atoms with Gasteiger partial charge in [0.2, 0.25) is 5.91 Å². The topological polar surface area (TPSA) is 67.9 Å². The summed E-state index contributed by atoms with van der Waals surface area (Å²) in [7, 11) is 0. The second-order valence-corrected chi connectivity index (χ2v) is 6.36. The van der Waals surface area contributed by atoms with Crippen LogP contribution in [0.5, 0.6) is 11.5 Å². The number of nitrogens with one attached hydrogen (secondary N) is 1. The molecule has 0 aliphatic carbocycles. The number of halogens is 1. The molecular formula is C19H15BrN2O4. The van der Waals surface area contributed by atoms with Gasteiger partial charge in [0.05, 0.1) is 5.69 Å². The Morgan fingerprint density at radius 3 is 2.81 bits per heavy atom. The van der Waals surface area contributed by atoms with Crippen molar-refractivity contribution in [3.8, 4) is 23.8 Å². The van der Waals surface area contributed by atoms with Gasteiger partial charge < -0.3 is 14.8 Å². The van der Waals surface area contributed by atoms with Gasteiger partial charge in [-0.1, -0.05) is 21.9 Å². The largest absolute Gasteiger partial charge is 0.482 e. The number of amides is 2. The molecule has 0 saturated carbocycles. The summed E-state index contributed by atoms with van der Waals surface area (Å²) in [6.07, 6.45) is 5.14. The van der Waals surface area contributed by atoms with Crippen LogP contribution in [0.15, 0.2) is 46.9 Å². The first-order chi connectivity index (χ1) is 12.6. The minimum Gasteiger partial charge on any atom is -0.482 e. The minimum atomic E-state index is -0.314. The van der Waals surface area contributed by atoms with Crippen LogP contribution in [0.25, 0.3) is 0 Å². The highest BCUT2D eigenvalue weighted by atomic mass is 79.9. The molecule has 2 aromatic rings. The van der Waals surface area contributed by atoms with Crippen LogP contribution in [-0.4, -0.2) is 31.6 Å². The van der Waals surface area contributed by atoms with Crippen molar-refractivity contribution in [2.75, 3.05) is 30.0 Å². The fraction of sp³-hybridized carbons (Fsp3) is 0.158. The van der Waals surface area contributed by atoms with E-state index in [0.29, 0.717) is 22.9 Å². The Labute approximate surface area is 159 Å². The van der Waals surface area contributed by atoms with Crippen LogP contribution in [0.3, 0.4) is 0 Å². The molecule has 0 radical (unpaired) electrons. The lowest BCUT2D eigenvalue weighted by molar-refractivity contribution is -0.123. The number of carbonyl (C=O) groups excluding carboxylic acids is 2. The zero-order valence-corrected chi connectivity index (χ0v) is 15.3.